The molecule has 4 nitrogen and oxygen atoms in total. The minimum absolute atomic E-state index is 0.327. The topological polar surface area (TPSA) is 47.6 Å². The molecule has 0 aromatic heterocycles. The molecule has 1 atom stereocenters. The van der Waals surface area contributed by atoms with Gasteiger partial charge in [0.1, 0.15) is 5.60 Å². The van der Waals surface area contributed by atoms with Gasteiger partial charge in [0.25, 0.3) is 0 Å². The molecule has 0 aromatic carbocycles. The Labute approximate surface area is 112 Å². The molecule has 1 N–H and O–H groups in total. The van der Waals surface area contributed by atoms with Crippen LogP contribution >= 0.6 is 22.6 Å². The Morgan fingerprint density at radius 1 is 1.31 bits per heavy atom. The maximum Gasteiger partial charge on any atom is 0.407 e. The van der Waals surface area contributed by atoms with Crippen LogP contribution in [0.3, 0.4) is 0 Å². The summed E-state index contributed by atoms with van der Waals surface area (Å²) in [6, 6.07) is 0. The maximum absolute atomic E-state index is 11.4. The summed E-state index contributed by atoms with van der Waals surface area (Å²) in [5.41, 5.74) is -0.789. The Bertz CT molecular complexity index is 228. The predicted octanol–water partition coefficient (Wildman–Crippen LogP) is 2.74. The molecule has 1 amide bonds. The third-order valence-electron chi connectivity index (χ3n) is 1.78. The van der Waals surface area contributed by atoms with Crippen LogP contribution < -0.4 is 5.32 Å². The quantitative estimate of drug-likeness (QED) is 0.617. The third-order valence-corrected chi connectivity index (χ3v) is 3.39. The predicted molar refractivity (Wildman–Crippen MR) is 73.2 cm³/mol. The third kappa shape index (κ3) is 7.27. The van der Waals surface area contributed by atoms with E-state index in [2.05, 4.69) is 27.9 Å². The number of alkyl carbamates (subject to hydrolysis) is 1. The monoisotopic (exact) mass is 343 g/mol. The molecule has 0 aliphatic carbocycles. The molecule has 16 heavy (non-hydrogen) atoms. The van der Waals surface area contributed by atoms with Crippen LogP contribution in [0.5, 0.6) is 0 Å². The molecule has 0 rings (SSSR count). The number of nitrogens with one attached hydrogen (secondary N) is 1. The van der Waals surface area contributed by atoms with Crippen molar-refractivity contribution in [1.82, 2.24) is 5.32 Å². The van der Waals surface area contributed by atoms with Crippen LogP contribution in [0.25, 0.3) is 0 Å². The fraction of sp³-hybridized carbons (Fsp3) is 0.909. The number of carbonyl (C=O) groups is 1. The smallest absolute Gasteiger partial charge is 0.407 e. The number of carbonyl (C=O) groups excluding carboxylic acids is 1. The fourth-order valence-electron chi connectivity index (χ4n) is 1.06. The summed E-state index contributed by atoms with van der Waals surface area (Å²) in [6.07, 6.45) is -0.400. The Kier molecular flexibility index (Phi) is 6.62. The van der Waals surface area contributed by atoms with Crippen LogP contribution in [0.4, 0.5) is 4.79 Å². The zero-order valence-corrected chi connectivity index (χ0v) is 12.9. The Balaban J connectivity index is 4.07. The summed E-state index contributed by atoms with van der Waals surface area (Å²) in [5, 5.41) is 2.72. The average molecular weight is 343 g/mol. The van der Waals surface area contributed by atoms with Crippen LogP contribution in [-0.2, 0) is 9.47 Å². The van der Waals surface area contributed by atoms with Crippen molar-refractivity contribution in [2.45, 2.75) is 45.8 Å². The van der Waals surface area contributed by atoms with Crippen molar-refractivity contribution < 1.29 is 14.3 Å². The van der Waals surface area contributed by atoms with Crippen molar-refractivity contribution in [2.24, 2.45) is 0 Å². The summed E-state index contributed by atoms with van der Waals surface area (Å²) in [6.45, 7) is 10.5. The molecule has 0 aliphatic heterocycles. The zero-order valence-electron chi connectivity index (χ0n) is 10.7. The summed E-state index contributed by atoms with van der Waals surface area (Å²) in [5.74, 6) is 0. The molecular formula is C11H22INO3. The standard InChI is InChI=1S/C11H22INO3/c1-6-15-11(5,7-12)8-13-9(14)16-10(2,3)4/h6-8H2,1-5H3,(H,13,14). The number of hydrogen-bond donors (Lipinski definition) is 1. The first kappa shape index (κ1) is 16.0. The van der Waals surface area contributed by atoms with E-state index in [-0.39, 0.29) is 5.60 Å². The average Bonchev–Trinajstić information content (AvgIpc) is 2.13. The van der Waals surface area contributed by atoms with Crippen molar-refractivity contribution >= 4 is 28.7 Å². The van der Waals surface area contributed by atoms with Crippen molar-refractivity contribution in [1.29, 1.82) is 0 Å². The van der Waals surface area contributed by atoms with Gasteiger partial charge in [0, 0.05) is 11.0 Å². The Morgan fingerprint density at radius 2 is 1.88 bits per heavy atom. The van der Waals surface area contributed by atoms with E-state index in [9.17, 15) is 4.79 Å². The molecule has 0 aromatic rings. The van der Waals surface area contributed by atoms with Crippen molar-refractivity contribution in [3.8, 4) is 0 Å². The first-order valence-electron chi connectivity index (χ1n) is 5.39. The normalized spacial score (nSPS) is 15.4. The SMILES string of the molecule is CCOC(C)(CI)CNC(=O)OC(C)(C)C. The summed E-state index contributed by atoms with van der Waals surface area (Å²) in [4.78, 5) is 11.4. The second-order valence-corrected chi connectivity index (χ2v) is 5.63. The number of alkyl halides is 1. The molecule has 0 radical (unpaired) electrons. The molecule has 1 unspecified atom stereocenters. The van der Waals surface area contributed by atoms with Crippen molar-refractivity contribution in [2.75, 3.05) is 17.6 Å². The van der Waals surface area contributed by atoms with Gasteiger partial charge in [-0.25, -0.2) is 4.79 Å². The number of ether oxygens (including phenoxy) is 2. The van der Waals surface area contributed by atoms with E-state index in [1.54, 1.807) is 0 Å². The number of rotatable bonds is 5. The molecular weight excluding hydrogens is 321 g/mol. The molecule has 0 saturated carbocycles. The fourth-order valence-corrected chi connectivity index (χ4v) is 1.55. The van der Waals surface area contributed by atoms with Gasteiger partial charge >= 0.3 is 6.09 Å². The maximum atomic E-state index is 11.4. The van der Waals surface area contributed by atoms with E-state index in [1.165, 1.54) is 0 Å². The van der Waals surface area contributed by atoms with Gasteiger partial charge in [0.2, 0.25) is 0 Å². The minimum Gasteiger partial charge on any atom is -0.444 e. The lowest BCUT2D eigenvalue weighted by atomic mass is 10.1. The van der Waals surface area contributed by atoms with Crippen molar-refractivity contribution in [3.05, 3.63) is 0 Å². The van der Waals surface area contributed by atoms with E-state index in [1.807, 2.05) is 34.6 Å². The van der Waals surface area contributed by atoms with E-state index >= 15 is 0 Å². The van der Waals surface area contributed by atoms with Gasteiger partial charge in [-0.3, -0.25) is 0 Å². The molecule has 0 fully saturated rings. The summed E-state index contributed by atoms with van der Waals surface area (Å²) >= 11 is 2.25. The van der Waals surface area contributed by atoms with Gasteiger partial charge in [-0.15, -0.1) is 0 Å². The second kappa shape index (κ2) is 6.64. The molecule has 0 aliphatic rings. The van der Waals surface area contributed by atoms with Crippen LogP contribution in [0.15, 0.2) is 0 Å². The van der Waals surface area contributed by atoms with Gasteiger partial charge in [-0.05, 0) is 34.6 Å². The highest BCUT2D eigenvalue weighted by atomic mass is 127. The molecule has 96 valence electrons. The van der Waals surface area contributed by atoms with Gasteiger partial charge in [-0.2, -0.15) is 0 Å². The first-order chi connectivity index (χ1) is 7.22. The van der Waals surface area contributed by atoms with E-state index < -0.39 is 11.7 Å². The Morgan fingerprint density at radius 3 is 2.25 bits per heavy atom. The first-order valence-corrected chi connectivity index (χ1v) is 6.92. The zero-order chi connectivity index (χ0) is 12.8. The van der Waals surface area contributed by atoms with Crippen LogP contribution in [0.1, 0.15) is 34.6 Å². The van der Waals surface area contributed by atoms with Crippen LogP contribution in [-0.4, -0.2) is 34.9 Å². The number of amides is 1. The number of hydrogen-bond acceptors (Lipinski definition) is 3. The second-order valence-electron chi connectivity index (χ2n) is 4.87. The molecule has 0 spiro atoms. The van der Waals surface area contributed by atoms with Crippen LogP contribution in [0.2, 0.25) is 0 Å². The molecule has 0 heterocycles. The van der Waals surface area contributed by atoms with E-state index in [0.717, 1.165) is 4.43 Å². The van der Waals surface area contributed by atoms with Gasteiger partial charge in [0.05, 0.1) is 12.1 Å². The van der Waals surface area contributed by atoms with Gasteiger partial charge in [-0.1, -0.05) is 22.6 Å². The highest BCUT2D eigenvalue weighted by Gasteiger charge is 2.25. The summed E-state index contributed by atoms with van der Waals surface area (Å²) < 4.78 is 11.5. The van der Waals surface area contributed by atoms with Crippen LogP contribution in [0, 0.1) is 0 Å². The highest BCUT2D eigenvalue weighted by molar-refractivity contribution is 14.1. The van der Waals surface area contributed by atoms with Crippen molar-refractivity contribution in [3.63, 3.8) is 0 Å². The van der Waals surface area contributed by atoms with Gasteiger partial charge < -0.3 is 14.8 Å². The molecule has 0 saturated heterocycles. The lowest BCUT2D eigenvalue weighted by Gasteiger charge is -2.28. The molecule has 5 heteroatoms. The van der Waals surface area contributed by atoms with E-state index in [4.69, 9.17) is 9.47 Å². The number of halogens is 1. The van der Waals surface area contributed by atoms with E-state index in [0.29, 0.717) is 13.2 Å². The lowest BCUT2D eigenvalue weighted by molar-refractivity contribution is -0.00706. The summed E-state index contributed by atoms with van der Waals surface area (Å²) in [7, 11) is 0. The highest BCUT2D eigenvalue weighted by Crippen LogP contribution is 2.13. The molecule has 0 bridgehead atoms. The van der Waals surface area contributed by atoms with Gasteiger partial charge in [0.15, 0.2) is 0 Å². The minimum atomic E-state index is -0.462. The lowest BCUT2D eigenvalue weighted by Crippen LogP contribution is -2.45. The Hall–Kier alpha value is -0.0400. The largest absolute Gasteiger partial charge is 0.444 e.